The van der Waals surface area contributed by atoms with Gasteiger partial charge in [0.2, 0.25) is 0 Å². The van der Waals surface area contributed by atoms with Gasteiger partial charge in [0.05, 0.1) is 5.52 Å². The molecule has 0 saturated carbocycles. The van der Waals surface area contributed by atoms with E-state index in [4.69, 9.17) is 0 Å². The molecule has 1 aliphatic rings. The predicted octanol–water partition coefficient (Wildman–Crippen LogP) is 10.8. The Bertz CT molecular complexity index is 2030. The van der Waals surface area contributed by atoms with Crippen LogP contribution in [0.5, 0.6) is 0 Å². The second-order valence-electron chi connectivity index (χ2n) is 11.5. The predicted molar refractivity (Wildman–Crippen MR) is 173 cm³/mol. The topological polar surface area (TPSA) is 19.0 Å². The van der Waals surface area contributed by atoms with Gasteiger partial charge in [-0.05, 0) is 76.3 Å². The zero-order valence-electron chi connectivity index (χ0n) is 23.2. The van der Waals surface area contributed by atoms with Crippen LogP contribution in [0, 0.1) is 0 Å². The maximum atomic E-state index is 3.70. The molecule has 0 atom stereocenters. The molecule has 0 aliphatic heterocycles. The van der Waals surface area contributed by atoms with Gasteiger partial charge in [0.15, 0.2) is 0 Å². The lowest BCUT2D eigenvalue weighted by molar-refractivity contribution is 0.660. The molecule has 1 N–H and O–H groups in total. The van der Waals surface area contributed by atoms with Gasteiger partial charge in [-0.25, -0.2) is 0 Å². The second kappa shape index (κ2) is 8.97. The number of aromatic nitrogens is 1. The van der Waals surface area contributed by atoms with Gasteiger partial charge in [0.1, 0.15) is 0 Å². The van der Waals surface area contributed by atoms with Crippen LogP contribution in [0.2, 0.25) is 0 Å². The van der Waals surface area contributed by atoms with Crippen LogP contribution in [0.15, 0.2) is 140 Å². The molecule has 0 amide bonds. The molecule has 1 aliphatic carbocycles. The van der Waals surface area contributed by atoms with Gasteiger partial charge in [-0.1, -0.05) is 105 Å². The van der Waals surface area contributed by atoms with Crippen molar-refractivity contribution in [2.75, 3.05) is 4.90 Å². The first-order chi connectivity index (χ1) is 20.1. The summed E-state index contributed by atoms with van der Waals surface area (Å²) in [4.78, 5) is 6.04. The van der Waals surface area contributed by atoms with E-state index in [0.29, 0.717) is 0 Å². The van der Waals surface area contributed by atoms with Crippen LogP contribution in [-0.2, 0) is 5.41 Å². The van der Waals surface area contributed by atoms with Crippen molar-refractivity contribution in [1.29, 1.82) is 0 Å². The Labute approximate surface area is 240 Å². The number of para-hydroxylation sites is 4. The lowest BCUT2D eigenvalue weighted by Crippen LogP contribution is -2.15. The van der Waals surface area contributed by atoms with Gasteiger partial charge >= 0.3 is 0 Å². The highest BCUT2D eigenvalue weighted by molar-refractivity contribution is 6.12. The lowest BCUT2D eigenvalue weighted by atomic mass is 9.81. The minimum Gasteiger partial charge on any atom is -0.354 e. The van der Waals surface area contributed by atoms with Crippen molar-refractivity contribution in [2.24, 2.45) is 0 Å². The summed E-state index contributed by atoms with van der Waals surface area (Å²) in [6.07, 6.45) is 0. The largest absolute Gasteiger partial charge is 0.354 e. The molecule has 1 heterocycles. The number of hydrogen-bond donors (Lipinski definition) is 1. The molecule has 1 aromatic heterocycles. The first-order valence-electron chi connectivity index (χ1n) is 14.3. The molecule has 0 spiro atoms. The Balaban J connectivity index is 1.28. The van der Waals surface area contributed by atoms with Crippen LogP contribution >= 0.6 is 0 Å². The van der Waals surface area contributed by atoms with Crippen molar-refractivity contribution in [3.8, 4) is 22.3 Å². The smallest absolute Gasteiger partial charge is 0.0544 e. The highest BCUT2D eigenvalue weighted by Gasteiger charge is 2.36. The third-order valence-corrected chi connectivity index (χ3v) is 8.80. The molecule has 0 fully saturated rings. The fourth-order valence-corrected chi connectivity index (χ4v) is 6.76. The van der Waals surface area contributed by atoms with Crippen LogP contribution in [-0.4, -0.2) is 4.98 Å². The van der Waals surface area contributed by atoms with E-state index in [9.17, 15) is 0 Å². The van der Waals surface area contributed by atoms with Crippen LogP contribution < -0.4 is 4.90 Å². The molecule has 0 unspecified atom stereocenters. The molecular formula is C39H30N2. The van der Waals surface area contributed by atoms with Crippen molar-refractivity contribution >= 4 is 38.9 Å². The molecule has 41 heavy (non-hydrogen) atoms. The van der Waals surface area contributed by atoms with Crippen molar-refractivity contribution in [3.63, 3.8) is 0 Å². The van der Waals surface area contributed by atoms with E-state index in [1.165, 1.54) is 55.2 Å². The van der Waals surface area contributed by atoms with Crippen molar-refractivity contribution in [3.05, 3.63) is 151 Å². The van der Waals surface area contributed by atoms with Crippen molar-refractivity contribution < 1.29 is 0 Å². The van der Waals surface area contributed by atoms with E-state index < -0.39 is 0 Å². The average Bonchev–Trinajstić information content (AvgIpc) is 3.50. The minimum absolute atomic E-state index is 0.0993. The van der Waals surface area contributed by atoms with Crippen LogP contribution in [0.1, 0.15) is 25.0 Å². The van der Waals surface area contributed by atoms with E-state index in [1.54, 1.807) is 0 Å². The summed E-state index contributed by atoms with van der Waals surface area (Å²) < 4.78 is 0. The summed E-state index contributed by atoms with van der Waals surface area (Å²) in [6.45, 7) is 4.72. The van der Waals surface area contributed by atoms with Gasteiger partial charge in [-0.2, -0.15) is 0 Å². The standard InChI is InChI=1S/C39H30N2/c1-39(2)35-23-21-29(41(27-12-5-3-6-13-27)28-14-7-4-8-15-28)25-34(35)31-22-20-26(24-36(31)39)30-17-11-18-33-32-16-9-10-19-37(32)40-38(30)33/h3-25,40H,1-2H3. The summed E-state index contributed by atoms with van der Waals surface area (Å²) in [5, 5.41) is 2.54. The molecule has 2 heteroatoms. The van der Waals surface area contributed by atoms with E-state index in [-0.39, 0.29) is 5.41 Å². The lowest BCUT2D eigenvalue weighted by Gasteiger charge is -2.27. The summed E-state index contributed by atoms with van der Waals surface area (Å²) in [7, 11) is 0. The number of H-pyrrole nitrogens is 1. The normalized spacial score (nSPS) is 13.3. The van der Waals surface area contributed by atoms with Crippen LogP contribution in [0.3, 0.4) is 0 Å². The van der Waals surface area contributed by atoms with Gasteiger partial charge in [0.25, 0.3) is 0 Å². The van der Waals surface area contributed by atoms with Gasteiger partial charge in [-0.3, -0.25) is 0 Å². The Morgan fingerprint density at radius 1 is 0.488 bits per heavy atom. The van der Waals surface area contributed by atoms with Crippen molar-refractivity contribution in [2.45, 2.75) is 19.3 Å². The first kappa shape index (κ1) is 23.8. The third kappa shape index (κ3) is 3.64. The monoisotopic (exact) mass is 526 g/mol. The number of benzene rings is 6. The summed E-state index contributed by atoms with van der Waals surface area (Å²) >= 11 is 0. The highest BCUT2D eigenvalue weighted by atomic mass is 15.1. The van der Waals surface area contributed by atoms with E-state index in [1.807, 2.05) is 0 Å². The Morgan fingerprint density at radius 2 is 1.17 bits per heavy atom. The van der Waals surface area contributed by atoms with Crippen molar-refractivity contribution in [1.82, 2.24) is 4.98 Å². The fourth-order valence-electron chi connectivity index (χ4n) is 6.76. The van der Waals surface area contributed by atoms with Crippen LogP contribution in [0.25, 0.3) is 44.1 Å². The maximum Gasteiger partial charge on any atom is 0.0544 e. The molecular weight excluding hydrogens is 496 g/mol. The molecule has 0 bridgehead atoms. The quantitative estimate of drug-likeness (QED) is 0.242. The first-order valence-corrected chi connectivity index (χ1v) is 14.3. The maximum absolute atomic E-state index is 3.70. The summed E-state index contributed by atoms with van der Waals surface area (Å²) in [6, 6.07) is 50.5. The molecule has 6 aromatic carbocycles. The number of anilines is 3. The molecule has 8 rings (SSSR count). The number of rotatable bonds is 4. The summed E-state index contributed by atoms with van der Waals surface area (Å²) in [5.74, 6) is 0. The number of hydrogen-bond acceptors (Lipinski definition) is 1. The molecule has 196 valence electrons. The fraction of sp³-hybridized carbons (Fsp3) is 0.0769. The van der Waals surface area contributed by atoms with Gasteiger partial charge in [0, 0.05) is 44.3 Å². The molecule has 0 radical (unpaired) electrons. The number of fused-ring (bicyclic) bond motifs is 6. The van der Waals surface area contributed by atoms with Gasteiger partial charge < -0.3 is 9.88 Å². The Morgan fingerprint density at radius 3 is 1.93 bits per heavy atom. The van der Waals surface area contributed by atoms with Crippen LogP contribution in [0.4, 0.5) is 17.1 Å². The molecule has 0 saturated heterocycles. The number of aromatic amines is 1. The Hall–Kier alpha value is -5.08. The zero-order valence-corrected chi connectivity index (χ0v) is 23.2. The number of nitrogens with one attached hydrogen (secondary N) is 1. The van der Waals surface area contributed by atoms with Gasteiger partial charge in [-0.15, -0.1) is 0 Å². The number of nitrogens with zero attached hydrogens (tertiary/aromatic N) is 1. The summed E-state index contributed by atoms with van der Waals surface area (Å²) in [5.41, 5.74) is 13.6. The SMILES string of the molecule is CC1(C)c2ccc(N(c3ccccc3)c3ccccc3)cc2-c2ccc(-c3cccc4c3[nH]c3ccccc34)cc21. The zero-order chi connectivity index (χ0) is 27.6. The second-order valence-corrected chi connectivity index (χ2v) is 11.5. The molecule has 2 nitrogen and oxygen atoms in total. The minimum atomic E-state index is -0.0993. The Kier molecular flexibility index (Phi) is 5.20. The molecule has 7 aromatic rings. The van der Waals surface area contributed by atoms with E-state index >= 15 is 0 Å². The highest BCUT2D eigenvalue weighted by Crippen LogP contribution is 2.51. The average molecular weight is 527 g/mol. The van der Waals surface area contributed by atoms with E-state index in [0.717, 1.165) is 17.1 Å². The van der Waals surface area contributed by atoms with E-state index in [2.05, 4.69) is 163 Å². The third-order valence-electron chi connectivity index (χ3n) is 8.80.